The Morgan fingerprint density at radius 2 is 1.91 bits per heavy atom. The number of ether oxygens (including phenoxy) is 2. The van der Waals surface area contributed by atoms with E-state index in [0.717, 1.165) is 23.2 Å². The van der Waals surface area contributed by atoms with Crippen molar-refractivity contribution in [1.29, 1.82) is 0 Å². The molecule has 2 unspecified atom stereocenters. The predicted molar refractivity (Wildman–Crippen MR) is 167 cm³/mol. The van der Waals surface area contributed by atoms with Gasteiger partial charge in [-0.25, -0.2) is 4.98 Å². The monoisotopic (exact) mass is 596 g/mol. The molecule has 0 aliphatic carbocycles. The molecule has 0 saturated heterocycles. The molecular formula is C33H36N6O5. The quantitative estimate of drug-likeness (QED) is 0.188. The Hall–Kier alpha value is -5.00. The number of carbonyl (C=O) groups excluding carboxylic acids is 1. The van der Waals surface area contributed by atoms with Crippen LogP contribution in [0, 0.1) is 0 Å². The fraction of sp³-hybridized carbons (Fsp3) is 0.273. The second-order valence-corrected chi connectivity index (χ2v) is 10.5. The number of hydrogen-bond donors (Lipinski definition) is 4. The molecule has 2 aromatic heterocycles. The highest BCUT2D eigenvalue weighted by molar-refractivity contribution is 5.97. The molecule has 44 heavy (non-hydrogen) atoms. The summed E-state index contributed by atoms with van der Waals surface area (Å²) in [5, 5.41) is 19.6. The third-order valence-corrected chi connectivity index (χ3v) is 7.63. The molecular weight excluding hydrogens is 560 g/mol. The molecule has 4 aromatic rings. The number of rotatable bonds is 11. The number of anilines is 2. The Bertz CT molecular complexity index is 1660. The number of benzene rings is 2. The zero-order chi connectivity index (χ0) is 31.2. The van der Waals surface area contributed by atoms with Gasteiger partial charge in [0.05, 0.1) is 44.4 Å². The van der Waals surface area contributed by atoms with Gasteiger partial charge < -0.3 is 36.1 Å². The molecule has 0 fully saturated rings. The summed E-state index contributed by atoms with van der Waals surface area (Å²) in [7, 11) is 3.09. The van der Waals surface area contributed by atoms with Crippen LogP contribution in [0.4, 0.5) is 11.8 Å². The average molecular weight is 597 g/mol. The van der Waals surface area contributed by atoms with Gasteiger partial charge in [-0.2, -0.15) is 4.98 Å². The average Bonchev–Trinajstić information content (AvgIpc) is 3.04. The lowest BCUT2D eigenvalue weighted by atomic mass is 9.88. The maximum atomic E-state index is 13.4. The summed E-state index contributed by atoms with van der Waals surface area (Å²) in [5.41, 5.74) is 17.6. The summed E-state index contributed by atoms with van der Waals surface area (Å²) in [6.45, 7) is 0.0364. The van der Waals surface area contributed by atoms with Crippen LogP contribution in [0.2, 0.25) is 0 Å². The first-order chi connectivity index (χ1) is 21.3. The number of aliphatic hydroxyl groups is 2. The Labute approximate surface area is 255 Å². The van der Waals surface area contributed by atoms with Crippen LogP contribution in [-0.4, -0.2) is 69.3 Å². The highest BCUT2D eigenvalue weighted by Crippen LogP contribution is 2.44. The minimum Gasteiger partial charge on any atom is -0.493 e. The molecule has 11 heteroatoms. The molecule has 0 amide bonds. The maximum Gasteiger partial charge on any atom is 0.221 e. The molecule has 3 heterocycles. The number of methoxy groups -OCH3 is 2. The first-order valence-electron chi connectivity index (χ1n) is 14.2. The van der Waals surface area contributed by atoms with Gasteiger partial charge in [-0.3, -0.25) is 9.78 Å². The van der Waals surface area contributed by atoms with Gasteiger partial charge in [-0.15, -0.1) is 0 Å². The minimum atomic E-state index is -1.19. The summed E-state index contributed by atoms with van der Waals surface area (Å²) >= 11 is 0. The largest absolute Gasteiger partial charge is 0.493 e. The number of nitrogens with zero attached hydrogens (tertiary/aromatic N) is 4. The summed E-state index contributed by atoms with van der Waals surface area (Å²) in [5.74, 6) is 0.871. The van der Waals surface area contributed by atoms with Crippen molar-refractivity contribution in [2.45, 2.75) is 31.4 Å². The molecule has 0 radical (unpaired) electrons. The number of aliphatic hydroxyl groups excluding tert-OH is 2. The topological polar surface area (TPSA) is 170 Å². The first kappa shape index (κ1) is 30.5. The van der Waals surface area contributed by atoms with Gasteiger partial charge in [0.1, 0.15) is 5.82 Å². The fourth-order valence-corrected chi connectivity index (χ4v) is 5.61. The number of nitrogen functional groups attached to an aromatic ring is 2. The van der Waals surface area contributed by atoms with Crippen LogP contribution in [0.1, 0.15) is 46.0 Å². The molecule has 2 atom stereocenters. The molecule has 0 bridgehead atoms. The molecule has 5 rings (SSSR count). The Kier molecular flexibility index (Phi) is 9.37. The van der Waals surface area contributed by atoms with Crippen molar-refractivity contribution in [2.24, 2.45) is 0 Å². The molecule has 228 valence electrons. The van der Waals surface area contributed by atoms with Crippen molar-refractivity contribution in [3.05, 3.63) is 107 Å². The first-order valence-corrected chi connectivity index (χ1v) is 14.2. The number of fused-ring (bicyclic) bond motifs is 1. The van der Waals surface area contributed by atoms with Crippen LogP contribution >= 0.6 is 0 Å². The zero-order valence-electron chi connectivity index (χ0n) is 24.7. The van der Waals surface area contributed by atoms with Crippen molar-refractivity contribution in [1.82, 2.24) is 19.9 Å². The molecule has 1 aliphatic heterocycles. The van der Waals surface area contributed by atoms with E-state index in [0.29, 0.717) is 41.3 Å². The second-order valence-electron chi connectivity index (χ2n) is 10.5. The Morgan fingerprint density at radius 1 is 1.11 bits per heavy atom. The van der Waals surface area contributed by atoms with Gasteiger partial charge in [-0.05, 0) is 47.4 Å². The molecule has 0 saturated carbocycles. The van der Waals surface area contributed by atoms with E-state index in [2.05, 4.69) is 27.0 Å². The molecule has 2 aromatic carbocycles. The third kappa shape index (κ3) is 6.48. The summed E-state index contributed by atoms with van der Waals surface area (Å²) in [6, 6.07) is 17.4. The molecule has 11 nitrogen and oxygen atoms in total. The van der Waals surface area contributed by atoms with E-state index in [9.17, 15) is 15.0 Å². The van der Waals surface area contributed by atoms with E-state index in [1.54, 1.807) is 26.6 Å². The maximum absolute atomic E-state index is 13.4. The number of allylic oxidation sites excluding steroid dienone is 1. The van der Waals surface area contributed by atoms with Gasteiger partial charge >= 0.3 is 0 Å². The van der Waals surface area contributed by atoms with Crippen molar-refractivity contribution < 1.29 is 24.5 Å². The van der Waals surface area contributed by atoms with E-state index >= 15 is 0 Å². The normalized spacial score (nSPS) is 15.4. The van der Waals surface area contributed by atoms with Crippen molar-refractivity contribution >= 4 is 23.2 Å². The highest BCUT2D eigenvalue weighted by atomic mass is 16.5. The van der Waals surface area contributed by atoms with E-state index in [1.807, 2.05) is 42.5 Å². The van der Waals surface area contributed by atoms with Gasteiger partial charge in [0.2, 0.25) is 5.95 Å². The lowest BCUT2D eigenvalue weighted by Crippen LogP contribution is -2.36. The second kappa shape index (κ2) is 13.5. The lowest BCUT2D eigenvalue weighted by Gasteiger charge is -2.40. The lowest BCUT2D eigenvalue weighted by molar-refractivity contribution is -0.116. The number of ketones is 1. The Morgan fingerprint density at radius 3 is 2.61 bits per heavy atom. The van der Waals surface area contributed by atoms with E-state index in [-0.39, 0.29) is 30.0 Å². The van der Waals surface area contributed by atoms with Crippen LogP contribution in [0.5, 0.6) is 11.5 Å². The van der Waals surface area contributed by atoms with Gasteiger partial charge in [0, 0.05) is 49.0 Å². The zero-order valence-corrected chi connectivity index (χ0v) is 24.7. The van der Waals surface area contributed by atoms with Gasteiger partial charge in [0.15, 0.2) is 17.3 Å². The van der Waals surface area contributed by atoms with Crippen LogP contribution in [-0.2, 0) is 17.6 Å². The highest BCUT2D eigenvalue weighted by Gasteiger charge is 2.33. The third-order valence-electron chi connectivity index (χ3n) is 7.63. The number of pyridine rings is 1. The van der Waals surface area contributed by atoms with Gasteiger partial charge in [-0.1, -0.05) is 30.3 Å². The Balaban J connectivity index is 1.71. The van der Waals surface area contributed by atoms with Crippen molar-refractivity contribution in [3.63, 3.8) is 0 Å². The molecule has 1 aliphatic rings. The summed E-state index contributed by atoms with van der Waals surface area (Å²) in [6.07, 6.45) is 4.48. The van der Waals surface area contributed by atoms with E-state index in [4.69, 9.17) is 25.9 Å². The number of nitrogens with two attached hydrogens (primary N) is 2. The SMILES string of the molecule is COc1cc(Cc2cnc(N)nc2N)cc(C(=CC(=O)CC(O)CO)N2CCc3ccccc3C2c2ccccn2)c1OC. The predicted octanol–water partition coefficient (Wildman–Crippen LogP) is 2.95. The minimum absolute atomic E-state index is 0.0824. The van der Waals surface area contributed by atoms with E-state index < -0.39 is 12.7 Å². The van der Waals surface area contributed by atoms with E-state index in [1.165, 1.54) is 11.6 Å². The van der Waals surface area contributed by atoms with Gasteiger partial charge in [0.25, 0.3) is 0 Å². The molecule has 0 spiro atoms. The number of carbonyl (C=O) groups is 1. The standard InChI is InChI=1S/C33H36N6O5/c1-43-29-15-20(13-22-18-37-33(35)38-32(22)34)14-26(31(29)44-2)28(17-23(41)16-24(42)19-40)39-12-10-21-7-3-4-8-25(21)30(39)27-9-5-6-11-36-27/h3-9,11,14-15,17-18,24,30,40,42H,10,12-13,16,19H2,1-2H3,(H4,34,35,37,38). The number of hydrogen-bond acceptors (Lipinski definition) is 11. The van der Waals surface area contributed by atoms with Crippen molar-refractivity contribution in [3.8, 4) is 11.5 Å². The van der Waals surface area contributed by atoms with Crippen LogP contribution in [0.15, 0.2) is 73.1 Å². The van der Waals surface area contributed by atoms with Crippen LogP contribution in [0.25, 0.3) is 5.70 Å². The smallest absolute Gasteiger partial charge is 0.221 e. The molecule has 6 N–H and O–H groups in total. The number of aromatic nitrogens is 3. The van der Waals surface area contributed by atoms with Crippen LogP contribution < -0.4 is 20.9 Å². The van der Waals surface area contributed by atoms with Crippen molar-refractivity contribution in [2.75, 3.05) is 38.8 Å². The fourth-order valence-electron chi connectivity index (χ4n) is 5.61. The summed E-state index contributed by atoms with van der Waals surface area (Å²) < 4.78 is 11.7. The summed E-state index contributed by atoms with van der Waals surface area (Å²) in [4.78, 5) is 28.5. The van der Waals surface area contributed by atoms with Crippen LogP contribution in [0.3, 0.4) is 0 Å².